The minimum absolute atomic E-state index is 0.475. The van der Waals surface area contributed by atoms with Crippen LogP contribution in [-0.4, -0.2) is 36.0 Å². The number of fused-ring (bicyclic) bond motifs is 1. The van der Waals surface area contributed by atoms with E-state index in [0.717, 1.165) is 35.8 Å². The molecule has 0 amide bonds. The Hall–Kier alpha value is -4.20. The normalized spacial score (nSPS) is 17.1. The zero-order valence-electron chi connectivity index (χ0n) is 18.7. The zero-order valence-corrected chi connectivity index (χ0v) is 18.7. The van der Waals surface area contributed by atoms with E-state index in [1.165, 1.54) is 5.56 Å². The fourth-order valence-corrected chi connectivity index (χ4v) is 4.21. The summed E-state index contributed by atoms with van der Waals surface area (Å²) in [6.07, 6.45) is 6.69. The van der Waals surface area contributed by atoms with Crippen molar-refractivity contribution in [2.24, 2.45) is 5.92 Å². The molecular formula is C26H25N7O. The van der Waals surface area contributed by atoms with E-state index in [1.807, 2.05) is 65.6 Å². The largest absolute Gasteiger partial charge is 0.477 e. The van der Waals surface area contributed by atoms with Gasteiger partial charge in [0.2, 0.25) is 5.88 Å². The molecule has 170 valence electrons. The summed E-state index contributed by atoms with van der Waals surface area (Å²) in [5.74, 6) is 2.36. The van der Waals surface area contributed by atoms with Gasteiger partial charge in [0.1, 0.15) is 5.82 Å². The van der Waals surface area contributed by atoms with Crippen LogP contribution in [-0.2, 0) is 13.1 Å². The number of hydrogen-bond acceptors (Lipinski definition) is 6. The molecule has 1 aromatic carbocycles. The van der Waals surface area contributed by atoms with Crippen molar-refractivity contribution < 1.29 is 4.74 Å². The molecule has 4 aromatic heterocycles. The van der Waals surface area contributed by atoms with Crippen LogP contribution >= 0.6 is 0 Å². The summed E-state index contributed by atoms with van der Waals surface area (Å²) in [6, 6.07) is 22.2. The van der Waals surface area contributed by atoms with Gasteiger partial charge < -0.3 is 10.1 Å². The van der Waals surface area contributed by atoms with Crippen LogP contribution in [0.3, 0.4) is 0 Å². The van der Waals surface area contributed by atoms with Gasteiger partial charge in [0.25, 0.3) is 0 Å². The van der Waals surface area contributed by atoms with Gasteiger partial charge in [-0.2, -0.15) is 19.7 Å². The summed E-state index contributed by atoms with van der Waals surface area (Å²) in [6.45, 7) is 1.95. The van der Waals surface area contributed by atoms with Crippen molar-refractivity contribution in [3.05, 3.63) is 102 Å². The predicted octanol–water partition coefficient (Wildman–Crippen LogP) is 4.16. The first-order chi connectivity index (χ1) is 16.8. The van der Waals surface area contributed by atoms with Crippen LogP contribution in [0.5, 0.6) is 5.88 Å². The number of nitrogens with zero attached hydrogens (tertiary/aromatic N) is 6. The number of rotatable bonds is 9. The van der Waals surface area contributed by atoms with Crippen LogP contribution in [0.1, 0.15) is 29.3 Å². The Labute approximate surface area is 197 Å². The lowest BCUT2D eigenvalue weighted by Crippen LogP contribution is -2.09. The van der Waals surface area contributed by atoms with Gasteiger partial charge in [-0.1, -0.05) is 36.4 Å². The number of benzene rings is 1. The molecule has 8 heteroatoms. The minimum Gasteiger partial charge on any atom is -0.477 e. The molecule has 2 atom stereocenters. The van der Waals surface area contributed by atoms with E-state index in [4.69, 9.17) is 4.74 Å². The standard InChI is InChI=1S/C26H25N7O/c1-2-6-19(7-3-1)17-32-13-10-21(31-32)16-28-25-15-26(30-24-9-12-29-33(24)25)34-18-20-14-22(20)23-8-4-5-11-27-23/h1-13,15,20,22,28H,14,16-18H2. The van der Waals surface area contributed by atoms with E-state index in [1.54, 1.807) is 10.7 Å². The van der Waals surface area contributed by atoms with Gasteiger partial charge in [0.05, 0.1) is 31.6 Å². The molecular weight excluding hydrogens is 426 g/mol. The molecule has 34 heavy (non-hydrogen) atoms. The Morgan fingerprint density at radius 2 is 1.91 bits per heavy atom. The van der Waals surface area contributed by atoms with E-state index in [0.29, 0.717) is 30.9 Å². The maximum Gasteiger partial charge on any atom is 0.219 e. The summed E-state index contributed by atoms with van der Waals surface area (Å²) in [7, 11) is 0. The molecule has 1 aliphatic rings. The first kappa shape index (κ1) is 20.4. The molecule has 0 spiro atoms. The molecule has 5 aromatic rings. The lowest BCUT2D eigenvalue weighted by atomic mass is 10.2. The first-order valence-electron chi connectivity index (χ1n) is 11.5. The Balaban J connectivity index is 1.10. The van der Waals surface area contributed by atoms with Crippen molar-refractivity contribution in [2.45, 2.75) is 25.4 Å². The third-order valence-corrected chi connectivity index (χ3v) is 6.11. The zero-order chi connectivity index (χ0) is 22.7. The maximum absolute atomic E-state index is 6.08. The number of ether oxygens (including phenoxy) is 1. The molecule has 0 radical (unpaired) electrons. The van der Waals surface area contributed by atoms with Crippen molar-refractivity contribution in [3.63, 3.8) is 0 Å². The van der Waals surface area contributed by atoms with E-state index >= 15 is 0 Å². The van der Waals surface area contributed by atoms with Crippen molar-refractivity contribution in [1.82, 2.24) is 29.4 Å². The van der Waals surface area contributed by atoms with Crippen molar-refractivity contribution in [1.29, 1.82) is 0 Å². The third-order valence-electron chi connectivity index (χ3n) is 6.11. The summed E-state index contributed by atoms with van der Waals surface area (Å²) < 4.78 is 9.81. The van der Waals surface area contributed by atoms with Crippen molar-refractivity contribution in [3.8, 4) is 5.88 Å². The summed E-state index contributed by atoms with van der Waals surface area (Å²) >= 11 is 0. The minimum atomic E-state index is 0.475. The van der Waals surface area contributed by atoms with Crippen LogP contribution in [0.4, 0.5) is 5.82 Å². The fourth-order valence-electron chi connectivity index (χ4n) is 4.21. The van der Waals surface area contributed by atoms with E-state index in [-0.39, 0.29) is 0 Å². The molecule has 0 bridgehead atoms. The van der Waals surface area contributed by atoms with Gasteiger partial charge in [-0.3, -0.25) is 9.67 Å². The number of pyridine rings is 1. The summed E-state index contributed by atoms with van der Waals surface area (Å²) in [5.41, 5.74) is 4.06. The third kappa shape index (κ3) is 4.47. The molecule has 0 saturated heterocycles. The number of hydrogen-bond donors (Lipinski definition) is 1. The number of anilines is 1. The summed E-state index contributed by atoms with van der Waals surface area (Å²) in [4.78, 5) is 9.07. The van der Waals surface area contributed by atoms with Gasteiger partial charge in [-0.25, -0.2) is 0 Å². The Kier molecular flexibility index (Phi) is 5.39. The van der Waals surface area contributed by atoms with E-state index in [9.17, 15) is 0 Å². The first-order valence-corrected chi connectivity index (χ1v) is 11.5. The van der Waals surface area contributed by atoms with Crippen LogP contribution in [0.15, 0.2) is 85.3 Å². The van der Waals surface area contributed by atoms with Gasteiger partial charge >= 0.3 is 0 Å². The number of aromatic nitrogens is 6. The van der Waals surface area contributed by atoms with Gasteiger partial charge in [-0.05, 0) is 30.2 Å². The Morgan fingerprint density at radius 3 is 2.79 bits per heavy atom. The monoisotopic (exact) mass is 451 g/mol. The quantitative estimate of drug-likeness (QED) is 0.362. The molecule has 1 aliphatic carbocycles. The molecule has 1 N–H and O–H groups in total. The Bertz CT molecular complexity index is 1380. The number of nitrogens with one attached hydrogen (secondary N) is 1. The second kappa shape index (κ2) is 8.97. The van der Waals surface area contributed by atoms with Crippen molar-refractivity contribution >= 4 is 11.5 Å². The Morgan fingerprint density at radius 1 is 1.00 bits per heavy atom. The average molecular weight is 452 g/mol. The van der Waals surface area contributed by atoms with E-state index in [2.05, 4.69) is 43.7 Å². The lowest BCUT2D eigenvalue weighted by molar-refractivity contribution is 0.286. The van der Waals surface area contributed by atoms with Gasteiger partial charge in [0, 0.05) is 42.1 Å². The highest BCUT2D eigenvalue weighted by Gasteiger charge is 2.39. The van der Waals surface area contributed by atoms with Crippen LogP contribution in [0.25, 0.3) is 5.65 Å². The molecule has 1 fully saturated rings. The van der Waals surface area contributed by atoms with Crippen LogP contribution in [0, 0.1) is 5.92 Å². The SMILES string of the molecule is c1ccc(Cn2ccc(CNc3cc(OCC4CC4c4ccccn4)nc4ccnn34)n2)cc1. The predicted molar refractivity (Wildman–Crippen MR) is 129 cm³/mol. The van der Waals surface area contributed by atoms with Crippen LogP contribution < -0.4 is 10.1 Å². The topological polar surface area (TPSA) is 82.2 Å². The maximum atomic E-state index is 6.08. The molecule has 4 heterocycles. The molecule has 2 unspecified atom stereocenters. The molecule has 6 rings (SSSR count). The lowest BCUT2D eigenvalue weighted by Gasteiger charge is -2.11. The highest BCUT2D eigenvalue weighted by Crippen LogP contribution is 2.46. The molecule has 0 aliphatic heterocycles. The second-order valence-corrected chi connectivity index (χ2v) is 8.59. The van der Waals surface area contributed by atoms with Crippen LogP contribution in [0.2, 0.25) is 0 Å². The summed E-state index contributed by atoms with van der Waals surface area (Å²) in [5, 5.41) is 12.5. The average Bonchev–Trinajstić information content (AvgIpc) is 3.25. The van der Waals surface area contributed by atoms with Crippen molar-refractivity contribution in [2.75, 3.05) is 11.9 Å². The molecule has 8 nitrogen and oxygen atoms in total. The van der Waals surface area contributed by atoms with E-state index < -0.39 is 0 Å². The highest BCUT2D eigenvalue weighted by atomic mass is 16.5. The second-order valence-electron chi connectivity index (χ2n) is 8.59. The molecule has 1 saturated carbocycles. The smallest absolute Gasteiger partial charge is 0.219 e. The fraction of sp³-hybridized carbons (Fsp3) is 0.231. The highest BCUT2D eigenvalue weighted by molar-refractivity contribution is 5.51. The van der Waals surface area contributed by atoms with Gasteiger partial charge in [-0.15, -0.1) is 0 Å². The van der Waals surface area contributed by atoms with Gasteiger partial charge in [0.15, 0.2) is 5.65 Å².